The molecule has 3 nitrogen and oxygen atoms in total. The summed E-state index contributed by atoms with van der Waals surface area (Å²) in [4.78, 5) is 13.7. The molecule has 0 spiro atoms. The highest BCUT2D eigenvalue weighted by Crippen LogP contribution is 2.24. The summed E-state index contributed by atoms with van der Waals surface area (Å²) in [5, 5.41) is 0. The molecule has 1 amide bonds. The van der Waals surface area contributed by atoms with E-state index in [1.54, 1.807) is 0 Å². The van der Waals surface area contributed by atoms with Crippen molar-refractivity contribution in [1.82, 2.24) is 4.90 Å². The van der Waals surface area contributed by atoms with Gasteiger partial charge in [0.15, 0.2) is 0 Å². The molecule has 1 rings (SSSR count). The summed E-state index contributed by atoms with van der Waals surface area (Å²) in [6, 6.07) is 0. The number of ether oxygens (including phenoxy) is 1. The van der Waals surface area contributed by atoms with Crippen LogP contribution in [0.4, 0.5) is 0 Å². The zero-order valence-electron chi connectivity index (χ0n) is 11.0. The van der Waals surface area contributed by atoms with Crippen LogP contribution in [-0.2, 0) is 9.53 Å². The van der Waals surface area contributed by atoms with Crippen LogP contribution in [0.5, 0.6) is 0 Å². The molecule has 3 heteroatoms. The lowest BCUT2D eigenvalue weighted by atomic mass is 9.87. The summed E-state index contributed by atoms with van der Waals surface area (Å²) in [5.74, 6) is 1.68. The van der Waals surface area contributed by atoms with E-state index in [-0.39, 0.29) is 26.0 Å². The Hall–Kier alpha value is -0.570. The maximum absolute atomic E-state index is 11.8. The Balaban J connectivity index is 0.00000256. The molecule has 0 aromatic carbocycles. The summed E-state index contributed by atoms with van der Waals surface area (Å²) >= 11 is 0. The first-order valence-electron chi connectivity index (χ1n) is 6.40. The van der Waals surface area contributed by atoms with Crippen LogP contribution in [0.25, 0.3) is 0 Å². The molecule has 0 bridgehead atoms. The minimum Gasteiger partial charge on any atom is -0.369 e. The molecule has 0 aromatic heterocycles. The van der Waals surface area contributed by atoms with Crippen molar-refractivity contribution in [2.24, 2.45) is 11.8 Å². The highest BCUT2D eigenvalue weighted by Gasteiger charge is 2.24. The average molecular weight is 243 g/mol. The van der Waals surface area contributed by atoms with Gasteiger partial charge in [-0.1, -0.05) is 21.3 Å². The number of likely N-dealkylation sites (tertiary alicyclic amines) is 1. The molecule has 0 unspecified atom stereocenters. The lowest BCUT2D eigenvalue weighted by Gasteiger charge is -2.34. The lowest BCUT2D eigenvalue weighted by Crippen LogP contribution is -2.41. The van der Waals surface area contributed by atoms with Gasteiger partial charge in [-0.05, 0) is 38.5 Å². The summed E-state index contributed by atoms with van der Waals surface area (Å²) in [7, 11) is 0. The molecule has 1 saturated heterocycles. The number of nitrogens with zero attached hydrogens (tertiary/aromatic N) is 1. The summed E-state index contributed by atoms with van der Waals surface area (Å²) in [5.41, 5.74) is 0. The molecule has 1 aliphatic heterocycles. The smallest absolute Gasteiger partial charge is 0.248 e. The minimum absolute atomic E-state index is 0. The molecule has 0 N–H and O–H groups in total. The van der Waals surface area contributed by atoms with Crippen LogP contribution in [0.1, 0.15) is 48.0 Å². The Labute approximate surface area is 107 Å². The van der Waals surface area contributed by atoms with Crippen LogP contribution in [0.3, 0.4) is 0 Å². The second-order valence-electron chi connectivity index (χ2n) is 5.32. The van der Waals surface area contributed by atoms with E-state index >= 15 is 0 Å². The standard InChI is InChI=1S/C13H25NO2.CH4/c1-10(2)12-5-7-14(8-6-12)13(15)9-16-11(3)4;/h10-12H,5-9H2,1-4H3;1H4. The van der Waals surface area contributed by atoms with Crippen molar-refractivity contribution >= 4 is 5.91 Å². The topological polar surface area (TPSA) is 29.5 Å². The second kappa shape index (κ2) is 7.70. The molecule has 0 radical (unpaired) electrons. The third kappa shape index (κ3) is 5.53. The first-order chi connectivity index (χ1) is 7.50. The van der Waals surface area contributed by atoms with E-state index in [1.165, 1.54) is 0 Å². The number of rotatable bonds is 4. The molecule has 0 saturated carbocycles. The molecule has 1 heterocycles. The quantitative estimate of drug-likeness (QED) is 0.760. The molecule has 0 aliphatic carbocycles. The monoisotopic (exact) mass is 243 g/mol. The van der Waals surface area contributed by atoms with Crippen LogP contribution >= 0.6 is 0 Å². The van der Waals surface area contributed by atoms with Gasteiger partial charge < -0.3 is 9.64 Å². The van der Waals surface area contributed by atoms with Gasteiger partial charge in [0.05, 0.1) is 6.10 Å². The van der Waals surface area contributed by atoms with E-state index in [0.29, 0.717) is 0 Å². The highest BCUT2D eigenvalue weighted by molar-refractivity contribution is 5.77. The van der Waals surface area contributed by atoms with Gasteiger partial charge in [0.25, 0.3) is 0 Å². The maximum Gasteiger partial charge on any atom is 0.248 e. The number of hydrogen-bond donors (Lipinski definition) is 0. The van der Waals surface area contributed by atoms with Crippen molar-refractivity contribution in [3.05, 3.63) is 0 Å². The van der Waals surface area contributed by atoms with E-state index in [2.05, 4.69) is 13.8 Å². The van der Waals surface area contributed by atoms with Crippen LogP contribution in [0, 0.1) is 11.8 Å². The summed E-state index contributed by atoms with van der Waals surface area (Å²) in [6.07, 6.45) is 2.42. The van der Waals surface area contributed by atoms with Crippen molar-refractivity contribution in [3.63, 3.8) is 0 Å². The van der Waals surface area contributed by atoms with Crippen LogP contribution in [0.2, 0.25) is 0 Å². The fourth-order valence-corrected chi connectivity index (χ4v) is 2.14. The van der Waals surface area contributed by atoms with Gasteiger partial charge in [-0.15, -0.1) is 0 Å². The Morgan fingerprint density at radius 3 is 2.18 bits per heavy atom. The lowest BCUT2D eigenvalue weighted by molar-refractivity contribution is -0.139. The van der Waals surface area contributed by atoms with E-state index in [1.807, 2.05) is 18.7 Å². The first kappa shape index (κ1) is 16.4. The first-order valence-corrected chi connectivity index (χ1v) is 6.40. The van der Waals surface area contributed by atoms with Crippen molar-refractivity contribution in [1.29, 1.82) is 0 Å². The summed E-state index contributed by atoms with van der Waals surface area (Å²) < 4.78 is 5.34. The Morgan fingerprint density at radius 1 is 1.24 bits per heavy atom. The minimum atomic E-state index is 0. The fraction of sp³-hybridized carbons (Fsp3) is 0.929. The van der Waals surface area contributed by atoms with Crippen LogP contribution in [-0.4, -0.2) is 36.6 Å². The van der Waals surface area contributed by atoms with Gasteiger partial charge in [0, 0.05) is 13.1 Å². The normalized spacial score (nSPS) is 17.4. The molecule has 17 heavy (non-hydrogen) atoms. The van der Waals surface area contributed by atoms with Crippen LogP contribution < -0.4 is 0 Å². The van der Waals surface area contributed by atoms with E-state index in [4.69, 9.17) is 4.74 Å². The molecule has 0 atom stereocenters. The summed E-state index contributed by atoms with van der Waals surface area (Å²) in [6.45, 7) is 10.5. The molecule has 1 fully saturated rings. The van der Waals surface area contributed by atoms with Gasteiger partial charge in [0.1, 0.15) is 6.61 Å². The fourth-order valence-electron chi connectivity index (χ4n) is 2.14. The maximum atomic E-state index is 11.8. The van der Waals surface area contributed by atoms with Gasteiger partial charge in [0.2, 0.25) is 5.91 Å². The van der Waals surface area contributed by atoms with Crippen LogP contribution in [0.15, 0.2) is 0 Å². The Kier molecular flexibility index (Phi) is 7.44. The number of carbonyl (C=O) groups excluding carboxylic acids is 1. The molecule has 102 valence electrons. The predicted molar refractivity (Wildman–Crippen MR) is 72.0 cm³/mol. The van der Waals surface area contributed by atoms with Crippen molar-refractivity contribution in [2.75, 3.05) is 19.7 Å². The van der Waals surface area contributed by atoms with E-state index < -0.39 is 0 Å². The van der Waals surface area contributed by atoms with Gasteiger partial charge in [-0.2, -0.15) is 0 Å². The van der Waals surface area contributed by atoms with E-state index in [0.717, 1.165) is 37.8 Å². The number of carbonyl (C=O) groups is 1. The van der Waals surface area contributed by atoms with Gasteiger partial charge in [-0.3, -0.25) is 4.79 Å². The number of hydrogen-bond acceptors (Lipinski definition) is 2. The Bertz CT molecular complexity index is 218. The second-order valence-corrected chi connectivity index (χ2v) is 5.32. The van der Waals surface area contributed by atoms with Crippen molar-refractivity contribution in [2.45, 2.75) is 54.1 Å². The zero-order chi connectivity index (χ0) is 12.1. The third-order valence-electron chi connectivity index (χ3n) is 3.38. The highest BCUT2D eigenvalue weighted by atomic mass is 16.5. The van der Waals surface area contributed by atoms with Gasteiger partial charge >= 0.3 is 0 Å². The molecule has 1 aliphatic rings. The molecular weight excluding hydrogens is 214 g/mol. The average Bonchev–Trinajstić information content (AvgIpc) is 2.26. The largest absolute Gasteiger partial charge is 0.369 e. The third-order valence-corrected chi connectivity index (χ3v) is 3.38. The van der Waals surface area contributed by atoms with E-state index in [9.17, 15) is 4.79 Å². The van der Waals surface area contributed by atoms with Crippen molar-refractivity contribution in [3.8, 4) is 0 Å². The van der Waals surface area contributed by atoms with Crippen molar-refractivity contribution < 1.29 is 9.53 Å². The number of piperidine rings is 1. The molecule has 0 aromatic rings. The SMILES string of the molecule is C.CC(C)OCC(=O)N1CCC(C(C)C)CC1. The number of amides is 1. The Morgan fingerprint density at radius 2 is 1.76 bits per heavy atom. The zero-order valence-corrected chi connectivity index (χ0v) is 11.0. The van der Waals surface area contributed by atoms with Gasteiger partial charge in [-0.25, -0.2) is 0 Å². The molecular formula is C14H29NO2. The predicted octanol–water partition coefficient (Wildman–Crippen LogP) is 2.94.